The van der Waals surface area contributed by atoms with Crippen molar-refractivity contribution in [3.63, 3.8) is 0 Å². The third-order valence-corrected chi connectivity index (χ3v) is 6.07. The van der Waals surface area contributed by atoms with Crippen molar-refractivity contribution in [1.29, 1.82) is 0 Å². The Labute approximate surface area is 198 Å². The molecule has 0 saturated heterocycles. The Bertz CT molecular complexity index is 1250. The van der Waals surface area contributed by atoms with Gasteiger partial charge in [-0.1, -0.05) is 32.0 Å². The zero-order valence-electron chi connectivity index (χ0n) is 19.8. The highest BCUT2D eigenvalue weighted by Gasteiger charge is 2.37. The van der Waals surface area contributed by atoms with Gasteiger partial charge in [0.05, 0.1) is 29.6 Å². The van der Waals surface area contributed by atoms with Crippen LogP contribution in [0.5, 0.6) is 11.5 Å². The molecule has 0 radical (unpaired) electrons. The summed E-state index contributed by atoms with van der Waals surface area (Å²) in [5, 5.41) is 24.5. The maximum atomic E-state index is 13.8. The Balaban J connectivity index is 1.79. The fourth-order valence-corrected chi connectivity index (χ4v) is 4.52. The van der Waals surface area contributed by atoms with Gasteiger partial charge in [0.2, 0.25) is 0 Å². The van der Waals surface area contributed by atoms with Crippen LogP contribution in [-0.4, -0.2) is 38.6 Å². The molecule has 1 amide bonds. The van der Waals surface area contributed by atoms with Gasteiger partial charge in [-0.3, -0.25) is 4.79 Å². The Kier molecular flexibility index (Phi) is 6.32. The predicted octanol–water partition coefficient (Wildman–Crippen LogP) is 4.89. The molecule has 8 heteroatoms. The summed E-state index contributed by atoms with van der Waals surface area (Å²) in [5.74, 6) is -0.629. The molecule has 2 aromatic carbocycles. The van der Waals surface area contributed by atoms with Gasteiger partial charge < -0.3 is 19.8 Å². The van der Waals surface area contributed by atoms with Crippen molar-refractivity contribution in [3.8, 4) is 11.5 Å². The van der Waals surface area contributed by atoms with Gasteiger partial charge in [0, 0.05) is 17.3 Å². The van der Waals surface area contributed by atoms with Gasteiger partial charge in [-0.25, -0.2) is 4.79 Å². The van der Waals surface area contributed by atoms with Crippen LogP contribution in [0.3, 0.4) is 0 Å². The first-order valence-electron chi connectivity index (χ1n) is 11.4. The van der Waals surface area contributed by atoms with Crippen LogP contribution in [0.4, 0.5) is 10.5 Å². The van der Waals surface area contributed by atoms with Crippen LogP contribution in [0, 0.1) is 19.8 Å². The largest absolute Gasteiger partial charge is 0.508 e. The van der Waals surface area contributed by atoms with Gasteiger partial charge in [0.1, 0.15) is 11.5 Å². The van der Waals surface area contributed by atoms with Crippen molar-refractivity contribution in [2.75, 3.05) is 11.5 Å². The third-order valence-electron chi connectivity index (χ3n) is 6.07. The number of amides is 1. The smallest absolute Gasteiger partial charge is 0.434 e. The molecule has 0 bridgehead atoms. The summed E-state index contributed by atoms with van der Waals surface area (Å²) in [6.45, 7) is 7.82. The number of nitrogens with zero attached hydrogens (tertiary/aromatic N) is 3. The number of fused-ring (bicyclic) bond motifs is 1. The number of carbonyl (C=O) groups excluding carboxylic acids is 2. The van der Waals surface area contributed by atoms with E-state index in [1.807, 2.05) is 45.0 Å². The van der Waals surface area contributed by atoms with Gasteiger partial charge in [-0.15, -0.1) is 0 Å². The third kappa shape index (κ3) is 4.23. The lowest BCUT2D eigenvalue weighted by molar-refractivity contribution is 0.0970. The van der Waals surface area contributed by atoms with Gasteiger partial charge in [0.25, 0.3) is 5.91 Å². The molecular weight excluding hydrogens is 434 g/mol. The molecule has 2 N–H and O–H groups in total. The molecular formula is C26H29N3O5. The summed E-state index contributed by atoms with van der Waals surface area (Å²) in [6, 6.07) is 11.2. The molecule has 1 aliphatic heterocycles. The molecule has 1 atom stereocenters. The van der Waals surface area contributed by atoms with Crippen molar-refractivity contribution < 1.29 is 24.5 Å². The van der Waals surface area contributed by atoms with E-state index in [-0.39, 0.29) is 29.6 Å². The fourth-order valence-electron chi connectivity index (χ4n) is 4.52. The van der Waals surface area contributed by atoms with Crippen molar-refractivity contribution in [3.05, 3.63) is 70.5 Å². The molecule has 1 aliphatic rings. The molecule has 1 aromatic heterocycles. The van der Waals surface area contributed by atoms with Gasteiger partial charge in [0.15, 0.2) is 0 Å². The highest BCUT2D eigenvalue weighted by atomic mass is 16.6. The summed E-state index contributed by atoms with van der Waals surface area (Å²) >= 11 is 0. The van der Waals surface area contributed by atoms with Crippen LogP contribution in [0.2, 0.25) is 0 Å². The number of carbonyl (C=O) groups is 2. The van der Waals surface area contributed by atoms with E-state index in [2.05, 4.69) is 5.10 Å². The van der Waals surface area contributed by atoms with Gasteiger partial charge in [-0.05, 0) is 56.4 Å². The number of benzene rings is 2. The topological polar surface area (TPSA) is 105 Å². The zero-order valence-corrected chi connectivity index (χ0v) is 19.8. The number of rotatable bonds is 4. The molecule has 3 aromatic rings. The molecule has 8 nitrogen and oxygen atoms in total. The van der Waals surface area contributed by atoms with Crippen molar-refractivity contribution in [2.24, 2.45) is 5.92 Å². The minimum atomic E-state index is -0.550. The Morgan fingerprint density at radius 1 is 1.15 bits per heavy atom. The number of hydrogen-bond acceptors (Lipinski definition) is 6. The summed E-state index contributed by atoms with van der Waals surface area (Å²) in [6.07, 6.45) is 0.815. The second-order valence-corrected chi connectivity index (χ2v) is 9.03. The zero-order chi connectivity index (χ0) is 24.6. The highest BCUT2D eigenvalue weighted by molar-refractivity contribution is 6.09. The summed E-state index contributed by atoms with van der Waals surface area (Å²) in [4.78, 5) is 28.1. The van der Waals surface area contributed by atoms with Crippen LogP contribution in [0.15, 0.2) is 42.5 Å². The van der Waals surface area contributed by atoms with Crippen LogP contribution in [0.25, 0.3) is 0 Å². The van der Waals surface area contributed by atoms with Crippen LogP contribution in [0.1, 0.15) is 59.2 Å². The Morgan fingerprint density at radius 2 is 1.88 bits per heavy atom. The summed E-state index contributed by atoms with van der Waals surface area (Å²) < 4.78 is 6.64. The lowest BCUT2D eigenvalue weighted by atomic mass is 9.89. The van der Waals surface area contributed by atoms with Gasteiger partial charge >= 0.3 is 6.09 Å². The molecule has 0 spiro atoms. The minimum absolute atomic E-state index is 0.0820. The van der Waals surface area contributed by atoms with E-state index in [1.54, 1.807) is 11.8 Å². The molecule has 2 heterocycles. The van der Waals surface area contributed by atoms with E-state index >= 15 is 0 Å². The standard InChI is InChI=1S/C26H29N3O5/c1-15(2)14-34-26(33)29-17(4)24(16(3)27-29)22-12-9-18-7-5-6-8-21(18)28(22)25(32)20-11-10-19(30)13-23(20)31/h5-8,10-11,13,15,22,30-31H,9,12,14H2,1-4H3. The SMILES string of the molecule is Cc1nn(C(=O)OCC(C)C)c(C)c1C1CCc2ccccc2N1C(=O)c1ccc(O)cc1O. The normalized spacial score (nSPS) is 15.3. The molecule has 1 unspecified atom stereocenters. The number of aryl methyl sites for hydroxylation is 2. The van der Waals surface area contributed by atoms with Crippen LogP contribution >= 0.6 is 0 Å². The lowest BCUT2D eigenvalue weighted by Crippen LogP contribution is -2.39. The quantitative estimate of drug-likeness (QED) is 0.571. The number of para-hydroxylation sites is 1. The van der Waals surface area contributed by atoms with E-state index < -0.39 is 18.0 Å². The number of phenols is 2. The molecule has 4 rings (SSSR count). The van der Waals surface area contributed by atoms with E-state index in [9.17, 15) is 19.8 Å². The van der Waals surface area contributed by atoms with Crippen LogP contribution in [-0.2, 0) is 11.2 Å². The number of aromatic hydroxyl groups is 2. The molecule has 0 aliphatic carbocycles. The average molecular weight is 464 g/mol. The second kappa shape index (κ2) is 9.21. The number of phenolic OH excluding ortho intramolecular Hbond substituents is 2. The first-order valence-corrected chi connectivity index (χ1v) is 11.4. The number of anilines is 1. The van der Waals surface area contributed by atoms with E-state index in [0.29, 0.717) is 17.8 Å². The maximum Gasteiger partial charge on any atom is 0.434 e. The first kappa shape index (κ1) is 23.4. The summed E-state index contributed by atoms with van der Waals surface area (Å²) in [7, 11) is 0. The van der Waals surface area contributed by atoms with Crippen LogP contribution < -0.4 is 4.90 Å². The maximum absolute atomic E-state index is 13.8. The first-order chi connectivity index (χ1) is 16.2. The van der Waals surface area contributed by atoms with Crippen molar-refractivity contribution >= 4 is 17.7 Å². The van der Waals surface area contributed by atoms with Crippen molar-refractivity contribution in [1.82, 2.24) is 9.78 Å². The second-order valence-electron chi connectivity index (χ2n) is 9.03. The molecule has 0 saturated carbocycles. The lowest BCUT2D eigenvalue weighted by Gasteiger charge is -2.38. The molecule has 0 fully saturated rings. The molecule has 34 heavy (non-hydrogen) atoms. The fraction of sp³-hybridized carbons (Fsp3) is 0.346. The van der Waals surface area contributed by atoms with E-state index in [4.69, 9.17) is 4.74 Å². The van der Waals surface area contributed by atoms with Gasteiger partial charge in [-0.2, -0.15) is 9.78 Å². The number of ether oxygens (including phenoxy) is 1. The monoisotopic (exact) mass is 463 g/mol. The highest BCUT2D eigenvalue weighted by Crippen LogP contribution is 2.42. The van der Waals surface area contributed by atoms with Crippen molar-refractivity contribution in [2.45, 2.75) is 46.6 Å². The number of hydrogen-bond donors (Lipinski definition) is 2. The number of aromatic nitrogens is 2. The van der Waals surface area contributed by atoms with E-state index in [1.165, 1.54) is 16.8 Å². The Hall–Kier alpha value is -3.81. The Morgan fingerprint density at radius 3 is 2.59 bits per heavy atom. The minimum Gasteiger partial charge on any atom is -0.508 e. The molecule has 178 valence electrons. The van der Waals surface area contributed by atoms with E-state index in [0.717, 1.165) is 29.3 Å². The average Bonchev–Trinajstić information content (AvgIpc) is 3.10. The predicted molar refractivity (Wildman–Crippen MR) is 127 cm³/mol. The summed E-state index contributed by atoms with van der Waals surface area (Å²) in [5.41, 5.74) is 3.87.